The van der Waals surface area contributed by atoms with Gasteiger partial charge in [-0.2, -0.15) is 0 Å². The Labute approximate surface area is 138 Å². The molecule has 2 rings (SSSR count). The molecule has 1 heterocycles. The minimum Gasteiger partial charge on any atom is -0.475 e. The summed E-state index contributed by atoms with van der Waals surface area (Å²) < 4.78 is 16.9. The van der Waals surface area contributed by atoms with Crippen LogP contribution in [-0.4, -0.2) is 48.3 Å². The summed E-state index contributed by atoms with van der Waals surface area (Å²) in [6.07, 6.45) is 3.80. The smallest absolute Gasteiger partial charge is 0.213 e. The Morgan fingerprint density at radius 1 is 1.35 bits per heavy atom. The lowest BCUT2D eigenvalue weighted by Crippen LogP contribution is -2.47. The summed E-state index contributed by atoms with van der Waals surface area (Å²) in [5.74, 6) is 1.97. The van der Waals surface area contributed by atoms with E-state index in [1.54, 1.807) is 19.2 Å². The second kappa shape index (κ2) is 8.47. The molecule has 0 aromatic carbocycles. The Balaban J connectivity index is 1.68. The van der Waals surface area contributed by atoms with Crippen LogP contribution in [0.15, 0.2) is 18.3 Å². The van der Waals surface area contributed by atoms with E-state index in [0.717, 1.165) is 12.5 Å². The van der Waals surface area contributed by atoms with Crippen LogP contribution in [0.25, 0.3) is 0 Å². The molecule has 1 atom stereocenters. The van der Waals surface area contributed by atoms with E-state index in [9.17, 15) is 5.11 Å². The second-order valence-electron chi connectivity index (χ2n) is 6.54. The highest BCUT2D eigenvalue weighted by Crippen LogP contribution is 2.28. The number of nitrogens with one attached hydrogen (secondary N) is 1. The highest BCUT2D eigenvalue weighted by Gasteiger charge is 2.21. The number of rotatable bonds is 11. The molecule has 0 spiro atoms. The van der Waals surface area contributed by atoms with Crippen molar-refractivity contribution in [2.45, 2.75) is 45.4 Å². The monoisotopic (exact) mass is 324 g/mol. The molecule has 2 N–H and O–H groups in total. The van der Waals surface area contributed by atoms with E-state index in [2.05, 4.69) is 10.3 Å². The Kier molecular flexibility index (Phi) is 6.62. The van der Waals surface area contributed by atoms with Gasteiger partial charge in [-0.3, -0.25) is 5.32 Å². The van der Waals surface area contributed by atoms with Gasteiger partial charge in [-0.1, -0.05) is 0 Å². The number of hydrogen-bond acceptors (Lipinski definition) is 6. The van der Waals surface area contributed by atoms with E-state index >= 15 is 0 Å². The molecule has 1 saturated carbocycles. The maximum absolute atomic E-state index is 9.32. The van der Waals surface area contributed by atoms with Crippen LogP contribution in [0.1, 0.15) is 33.6 Å². The van der Waals surface area contributed by atoms with Crippen molar-refractivity contribution >= 4 is 0 Å². The lowest BCUT2D eigenvalue weighted by Gasteiger charge is -2.28. The van der Waals surface area contributed by atoms with Crippen LogP contribution in [-0.2, 0) is 4.74 Å². The first-order valence-electron chi connectivity index (χ1n) is 8.23. The molecule has 6 nitrogen and oxygen atoms in total. The van der Waals surface area contributed by atoms with Crippen LogP contribution in [0.3, 0.4) is 0 Å². The van der Waals surface area contributed by atoms with E-state index in [1.807, 2.05) is 19.9 Å². The summed E-state index contributed by atoms with van der Waals surface area (Å²) in [7, 11) is 0. The molecule has 1 aromatic heterocycles. The van der Waals surface area contributed by atoms with Crippen molar-refractivity contribution in [3.05, 3.63) is 18.3 Å². The molecular formula is C17H28N2O4. The van der Waals surface area contributed by atoms with Crippen LogP contribution < -0.4 is 14.8 Å². The molecule has 1 fully saturated rings. The molecule has 6 heteroatoms. The Morgan fingerprint density at radius 2 is 2.13 bits per heavy atom. The molecule has 130 valence electrons. The number of hydrogen-bond donors (Lipinski definition) is 2. The number of aromatic nitrogens is 1. The minimum absolute atomic E-state index is 0.422. The normalized spacial score (nSPS) is 16.2. The predicted octanol–water partition coefficient (Wildman–Crippen LogP) is 1.97. The molecule has 0 amide bonds. The van der Waals surface area contributed by atoms with Crippen LogP contribution in [0.5, 0.6) is 11.6 Å². The molecule has 1 aliphatic rings. The van der Waals surface area contributed by atoms with Crippen molar-refractivity contribution in [3.63, 3.8) is 0 Å². The first-order chi connectivity index (χ1) is 10.9. The zero-order chi connectivity index (χ0) is 16.7. The summed E-state index contributed by atoms with van der Waals surface area (Å²) in [6.45, 7) is 7.92. The lowest BCUT2D eigenvalue weighted by molar-refractivity contribution is 0.0541. The van der Waals surface area contributed by atoms with Gasteiger partial charge in [-0.05, 0) is 45.6 Å². The van der Waals surface area contributed by atoms with Gasteiger partial charge in [-0.25, -0.2) is 4.98 Å². The van der Waals surface area contributed by atoms with Crippen molar-refractivity contribution in [3.8, 4) is 11.6 Å². The summed E-state index contributed by atoms with van der Waals surface area (Å²) in [4.78, 5) is 4.22. The van der Waals surface area contributed by atoms with E-state index in [-0.39, 0.29) is 0 Å². The van der Waals surface area contributed by atoms with Crippen LogP contribution in [0.2, 0.25) is 0 Å². The average molecular weight is 324 g/mol. The van der Waals surface area contributed by atoms with Crippen molar-refractivity contribution < 1.29 is 19.3 Å². The molecule has 0 saturated heterocycles. The van der Waals surface area contributed by atoms with Gasteiger partial charge >= 0.3 is 0 Å². The van der Waals surface area contributed by atoms with Gasteiger partial charge in [0.25, 0.3) is 0 Å². The second-order valence-corrected chi connectivity index (χ2v) is 6.54. The largest absolute Gasteiger partial charge is 0.475 e. The van der Waals surface area contributed by atoms with Gasteiger partial charge in [-0.15, -0.1) is 0 Å². The van der Waals surface area contributed by atoms with Crippen LogP contribution >= 0.6 is 0 Å². The van der Waals surface area contributed by atoms with E-state index in [4.69, 9.17) is 14.2 Å². The highest BCUT2D eigenvalue weighted by atomic mass is 16.5. The van der Waals surface area contributed by atoms with Gasteiger partial charge in [0, 0.05) is 19.2 Å². The molecule has 1 aliphatic carbocycles. The van der Waals surface area contributed by atoms with Gasteiger partial charge in [0.2, 0.25) is 5.88 Å². The van der Waals surface area contributed by atoms with E-state index < -0.39 is 11.8 Å². The summed E-state index contributed by atoms with van der Waals surface area (Å²) in [6, 6.07) is 3.60. The Hall–Kier alpha value is -1.37. The van der Waals surface area contributed by atoms with E-state index in [0.29, 0.717) is 31.4 Å². The highest BCUT2D eigenvalue weighted by molar-refractivity contribution is 5.23. The van der Waals surface area contributed by atoms with Crippen molar-refractivity contribution in [2.75, 3.05) is 26.4 Å². The fourth-order valence-corrected chi connectivity index (χ4v) is 1.98. The maximum atomic E-state index is 9.32. The Morgan fingerprint density at radius 3 is 2.74 bits per heavy atom. The number of aliphatic hydroxyl groups is 1. The first kappa shape index (κ1) is 18.0. The lowest BCUT2D eigenvalue weighted by atomic mass is 10.2. The quantitative estimate of drug-likeness (QED) is 0.479. The zero-order valence-electron chi connectivity index (χ0n) is 14.2. The predicted molar refractivity (Wildman–Crippen MR) is 87.7 cm³/mol. The number of aliphatic hydroxyl groups excluding tert-OH is 1. The molecule has 0 bridgehead atoms. The third-order valence-electron chi connectivity index (χ3n) is 3.43. The third-order valence-corrected chi connectivity index (χ3v) is 3.43. The third kappa shape index (κ3) is 7.63. The Bertz CT molecular complexity index is 458. The molecule has 23 heavy (non-hydrogen) atoms. The SMILES string of the molecule is CC(O)CNC(C)(C)Oc1ccc(OCCOCC2CC2)nc1. The molecule has 1 aromatic rings. The molecule has 0 radical (unpaired) electrons. The molecule has 1 unspecified atom stereocenters. The number of ether oxygens (including phenoxy) is 3. The summed E-state index contributed by atoms with van der Waals surface area (Å²) >= 11 is 0. The summed E-state index contributed by atoms with van der Waals surface area (Å²) in [5, 5.41) is 12.5. The van der Waals surface area contributed by atoms with Gasteiger partial charge in [0.05, 0.1) is 18.9 Å². The average Bonchev–Trinajstić information content (AvgIpc) is 3.31. The fraction of sp³-hybridized carbons (Fsp3) is 0.706. The number of nitrogens with zero attached hydrogens (tertiary/aromatic N) is 1. The topological polar surface area (TPSA) is 72.8 Å². The van der Waals surface area contributed by atoms with E-state index in [1.165, 1.54) is 12.8 Å². The fourth-order valence-electron chi connectivity index (χ4n) is 1.98. The van der Waals surface area contributed by atoms with Crippen molar-refractivity contribution in [2.24, 2.45) is 5.92 Å². The van der Waals surface area contributed by atoms with Crippen molar-refractivity contribution in [1.29, 1.82) is 0 Å². The van der Waals surface area contributed by atoms with Crippen molar-refractivity contribution in [1.82, 2.24) is 10.3 Å². The van der Waals surface area contributed by atoms with Gasteiger partial charge < -0.3 is 19.3 Å². The molecule has 0 aliphatic heterocycles. The number of pyridine rings is 1. The van der Waals surface area contributed by atoms with Gasteiger partial charge in [0.15, 0.2) is 5.72 Å². The molecular weight excluding hydrogens is 296 g/mol. The van der Waals surface area contributed by atoms with Crippen LogP contribution in [0.4, 0.5) is 0 Å². The first-order valence-corrected chi connectivity index (χ1v) is 8.23. The summed E-state index contributed by atoms with van der Waals surface area (Å²) in [5.41, 5.74) is -0.586. The zero-order valence-corrected chi connectivity index (χ0v) is 14.2. The standard InChI is InChI=1S/C17H28N2O4/c1-13(20)10-19-17(2,3)23-15-6-7-16(18-11-15)22-9-8-21-12-14-4-5-14/h6-7,11,13-14,19-20H,4-5,8-10,12H2,1-3H3. The minimum atomic E-state index is -0.586. The van der Waals surface area contributed by atoms with Gasteiger partial charge in [0.1, 0.15) is 12.4 Å². The maximum Gasteiger partial charge on any atom is 0.213 e. The van der Waals surface area contributed by atoms with Crippen LogP contribution in [0, 0.1) is 5.92 Å².